The highest BCUT2D eigenvalue weighted by molar-refractivity contribution is 5.85. The third-order valence-corrected chi connectivity index (χ3v) is 3.53. The lowest BCUT2D eigenvalue weighted by atomic mass is 10.0. The summed E-state index contributed by atoms with van der Waals surface area (Å²) in [6.07, 6.45) is -4.34. The summed E-state index contributed by atoms with van der Waals surface area (Å²) in [6.45, 7) is 1.69. The molecule has 0 bridgehead atoms. The third kappa shape index (κ3) is 2.62. The minimum absolute atomic E-state index is 0.120. The zero-order valence-electron chi connectivity index (χ0n) is 11.6. The van der Waals surface area contributed by atoms with Gasteiger partial charge in [-0.05, 0) is 42.3 Å². The molecule has 0 amide bonds. The Hall–Kier alpha value is -2.56. The van der Waals surface area contributed by atoms with Crippen LogP contribution in [0.3, 0.4) is 0 Å². The van der Waals surface area contributed by atoms with Gasteiger partial charge in [-0.15, -0.1) is 0 Å². The second-order valence-corrected chi connectivity index (χ2v) is 5.08. The van der Waals surface area contributed by atoms with E-state index in [0.29, 0.717) is 16.8 Å². The molecule has 1 aromatic heterocycles. The molecule has 22 heavy (non-hydrogen) atoms. The molecule has 0 saturated carbocycles. The van der Waals surface area contributed by atoms with Gasteiger partial charge in [-0.25, -0.2) is 4.98 Å². The van der Waals surface area contributed by atoms with Gasteiger partial charge in [0, 0.05) is 5.39 Å². The van der Waals surface area contributed by atoms with Crippen molar-refractivity contribution in [2.75, 3.05) is 0 Å². The van der Waals surface area contributed by atoms with E-state index in [1.807, 2.05) is 0 Å². The van der Waals surface area contributed by atoms with E-state index in [2.05, 4.69) is 4.98 Å². The van der Waals surface area contributed by atoms with Crippen LogP contribution in [0, 0.1) is 6.92 Å². The second kappa shape index (κ2) is 5.02. The number of aromatic nitrogens is 1. The Kier molecular flexibility index (Phi) is 3.28. The van der Waals surface area contributed by atoms with E-state index in [0.717, 1.165) is 23.1 Å². The number of rotatable bonds is 1. The predicted octanol–water partition coefficient (Wildman–Crippen LogP) is 4.93. The molecule has 0 fully saturated rings. The van der Waals surface area contributed by atoms with Crippen LogP contribution in [0.1, 0.15) is 11.3 Å². The highest BCUT2D eigenvalue weighted by Gasteiger charge is 2.29. The number of hydrogen-bond donors (Lipinski definition) is 1. The quantitative estimate of drug-likeness (QED) is 0.691. The highest BCUT2D eigenvalue weighted by Crippen LogP contribution is 2.32. The maximum absolute atomic E-state index is 12.6. The van der Waals surface area contributed by atoms with Crippen molar-refractivity contribution in [3.63, 3.8) is 0 Å². The van der Waals surface area contributed by atoms with Crippen molar-refractivity contribution in [2.45, 2.75) is 13.1 Å². The van der Waals surface area contributed by atoms with Gasteiger partial charge >= 0.3 is 6.18 Å². The molecule has 1 heterocycles. The highest BCUT2D eigenvalue weighted by atomic mass is 19.4. The van der Waals surface area contributed by atoms with Gasteiger partial charge in [-0.3, -0.25) is 0 Å². The molecular formula is C17H12F3NO. The number of halogens is 3. The Morgan fingerprint density at radius 2 is 1.55 bits per heavy atom. The molecule has 1 N–H and O–H groups in total. The fraction of sp³-hybridized carbons (Fsp3) is 0.118. The van der Waals surface area contributed by atoms with Crippen LogP contribution in [-0.2, 0) is 6.18 Å². The number of nitrogens with zero attached hydrogens (tertiary/aromatic N) is 1. The summed E-state index contributed by atoms with van der Waals surface area (Å²) in [5, 5.41) is 10.4. The summed E-state index contributed by atoms with van der Waals surface area (Å²) in [7, 11) is 0. The van der Waals surface area contributed by atoms with E-state index >= 15 is 0 Å². The average Bonchev–Trinajstić information content (AvgIpc) is 2.47. The second-order valence-electron chi connectivity index (χ2n) is 5.08. The molecule has 0 atom stereocenters. The van der Waals surface area contributed by atoms with Gasteiger partial charge in [0.25, 0.3) is 0 Å². The zero-order chi connectivity index (χ0) is 15.9. The SMILES string of the molecule is Cc1nc2cc(-c3ccc(C(F)(F)F)cc3)ccc2cc1O. The molecular weight excluding hydrogens is 291 g/mol. The minimum Gasteiger partial charge on any atom is -0.506 e. The van der Waals surface area contributed by atoms with E-state index in [4.69, 9.17) is 0 Å². The van der Waals surface area contributed by atoms with Crippen molar-refractivity contribution in [2.24, 2.45) is 0 Å². The number of alkyl halides is 3. The van der Waals surface area contributed by atoms with Crippen LogP contribution in [0.25, 0.3) is 22.0 Å². The molecule has 112 valence electrons. The van der Waals surface area contributed by atoms with Gasteiger partial charge < -0.3 is 5.11 Å². The summed E-state index contributed by atoms with van der Waals surface area (Å²) < 4.78 is 37.7. The van der Waals surface area contributed by atoms with Crippen molar-refractivity contribution in [1.82, 2.24) is 4.98 Å². The van der Waals surface area contributed by atoms with Crippen molar-refractivity contribution in [1.29, 1.82) is 0 Å². The Morgan fingerprint density at radius 3 is 2.18 bits per heavy atom. The smallest absolute Gasteiger partial charge is 0.416 e. The summed E-state index contributed by atoms with van der Waals surface area (Å²) in [5.74, 6) is 0.120. The number of pyridine rings is 1. The van der Waals surface area contributed by atoms with Crippen LogP contribution in [-0.4, -0.2) is 10.1 Å². The van der Waals surface area contributed by atoms with E-state index in [-0.39, 0.29) is 5.75 Å². The van der Waals surface area contributed by atoms with Crippen molar-refractivity contribution in [3.05, 3.63) is 59.8 Å². The maximum Gasteiger partial charge on any atom is 0.416 e. The largest absolute Gasteiger partial charge is 0.506 e. The fourth-order valence-electron chi connectivity index (χ4n) is 2.28. The van der Waals surface area contributed by atoms with Crippen LogP contribution in [0.5, 0.6) is 5.75 Å². The maximum atomic E-state index is 12.6. The standard InChI is InChI=1S/C17H12F3NO/c1-10-16(22)9-13-3-2-12(8-15(13)21-10)11-4-6-14(7-5-11)17(18,19)20/h2-9,22H,1H3. The number of fused-ring (bicyclic) bond motifs is 1. The van der Waals surface area contributed by atoms with Crippen LogP contribution < -0.4 is 0 Å². The molecule has 3 rings (SSSR count). The van der Waals surface area contributed by atoms with Gasteiger partial charge in [-0.2, -0.15) is 13.2 Å². The molecule has 2 nitrogen and oxygen atoms in total. The Balaban J connectivity index is 2.05. The van der Waals surface area contributed by atoms with E-state index < -0.39 is 11.7 Å². The summed E-state index contributed by atoms with van der Waals surface area (Å²) in [6, 6.07) is 12.0. The molecule has 3 aromatic rings. The molecule has 0 saturated heterocycles. The van der Waals surface area contributed by atoms with Crippen LogP contribution >= 0.6 is 0 Å². The van der Waals surface area contributed by atoms with Gasteiger partial charge in [-0.1, -0.05) is 24.3 Å². The number of benzene rings is 2. The van der Waals surface area contributed by atoms with Gasteiger partial charge in [0.15, 0.2) is 0 Å². The monoisotopic (exact) mass is 303 g/mol. The number of aryl methyl sites for hydroxylation is 1. The summed E-state index contributed by atoms with van der Waals surface area (Å²) in [5.41, 5.74) is 1.99. The summed E-state index contributed by atoms with van der Waals surface area (Å²) in [4.78, 5) is 4.29. The van der Waals surface area contributed by atoms with E-state index in [9.17, 15) is 18.3 Å². The number of aromatic hydroxyl groups is 1. The van der Waals surface area contributed by atoms with E-state index in [1.54, 1.807) is 31.2 Å². The molecule has 0 unspecified atom stereocenters. The van der Waals surface area contributed by atoms with Crippen molar-refractivity contribution in [3.8, 4) is 16.9 Å². The van der Waals surface area contributed by atoms with Gasteiger partial charge in [0.1, 0.15) is 5.75 Å². The molecule has 0 aliphatic heterocycles. The lowest BCUT2D eigenvalue weighted by molar-refractivity contribution is -0.137. The Labute approximate surface area is 124 Å². The lowest BCUT2D eigenvalue weighted by Crippen LogP contribution is -2.03. The molecule has 2 aromatic carbocycles. The average molecular weight is 303 g/mol. The van der Waals surface area contributed by atoms with Gasteiger partial charge in [0.2, 0.25) is 0 Å². The zero-order valence-corrected chi connectivity index (χ0v) is 11.6. The predicted molar refractivity (Wildman–Crippen MR) is 78.6 cm³/mol. The lowest BCUT2D eigenvalue weighted by Gasteiger charge is -2.09. The fourth-order valence-corrected chi connectivity index (χ4v) is 2.28. The van der Waals surface area contributed by atoms with Crippen molar-refractivity contribution < 1.29 is 18.3 Å². The first-order valence-corrected chi connectivity index (χ1v) is 6.62. The first kappa shape index (κ1) is 14.4. The molecule has 5 heteroatoms. The first-order chi connectivity index (χ1) is 10.3. The van der Waals surface area contributed by atoms with Crippen LogP contribution in [0.2, 0.25) is 0 Å². The minimum atomic E-state index is -4.34. The molecule has 0 spiro atoms. The number of hydrogen-bond acceptors (Lipinski definition) is 2. The Bertz CT molecular complexity index is 839. The van der Waals surface area contributed by atoms with Crippen LogP contribution in [0.4, 0.5) is 13.2 Å². The van der Waals surface area contributed by atoms with Gasteiger partial charge in [0.05, 0.1) is 16.8 Å². The third-order valence-electron chi connectivity index (χ3n) is 3.53. The normalized spacial score (nSPS) is 11.8. The van der Waals surface area contributed by atoms with Crippen molar-refractivity contribution >= 4 is 10.9 Å². The van der Waals surface area contributed by atoms with E-state index in [1.165, 1.54) is 12.1 Å². The van der Waals surface area contributed by atoms with Crippen LogP contribution in [0.15, 0.2) is 48.5 Å². The Morgan fingerprint density at radius 1 is 0.909 bits per heavy atom. The first-order valence-electron chi connectivity index (χ1n) is 6.62. The molecule has 0 aliphatic carbocycles. The molecule has 0 radical (unpaired) electrons. The topological polar surface area (TPSA) is 33.1 Å². The summed E-state index contributed by atoms with van der Waals surface area (Å²) >= 11 is 0. The molecule has 0 aliphatic rings.